The lowest BCUT2D eigenvalue weighted by molar-refractivity contribution is 0.415. The molecule has 1 aliphatic carbocycles. The first kappa shape index (κ1) is 20.3. The number of allylic oxidation sites excluding steroid dienone is 2. The molecule has 2 nitrogen and oxygen atoms in total. The summed E-state index contributed by atoms with van der Waals surface area (Å²) in [6.07, 6.45) is 6.84. The molecule has 0 aromatic heterocycles. The molecule has 28 heavy (non-hydrogen) atoms. The van der Waals surface area contributed by atoms with Crippen molar-refractivity contribution in [2.75, 3.05) is 0 Å². The van der Waals surface area contributed by atoms with Crippen molar-refractivity contribution in [3.05, 3.63) is 89.0 Å². The second-order valence-corrected chi connectivity index (χ2v) is 7.74. The van der Waals surface area contributed by atoms with Crippen LogP contribution in [-0.4, -0.2) is 5.71 Å². The predicted molar refractivity (Wildman–Crippen MR) is 114 cm³/mol. The summed E-state index contributed by atoms with van der Waals surface area (Å²) in [5, 5.41) is 0. The van der Waals surface area contributed by atoms with E-state index in [0.717, 1.165) is 24.0 Å². The van der Waals surface area contributed by atoms with Gasteiger partial charge in [0.05, 0.1) is 17.9 Å². The van der Waals surface area contributed by atoms with E-state index in [1.807, 2.05) is 18.2 Å². The van der Waals surface area contributed by atoms with Crippen LogP contribution < -0.4 is 5.73 Å². The summed E-state index contributed by atoms with van der Waals surface area (Å²) >= 11 is 0.208. The minimum absolute atomic E-state index is 0.208. The highest BCUT2D eigenvalue weighted by Crippen LogP contribution is 2.40. The van der Waals surface area contributed by atoms with Crippen LogP contribution >= 0.6 is 12.1 Å². The fourth-order valence-corrected chi connectivity index (χ4v) is 3.62. The summed E-state index contributed by atoms with van der Waals surface area (Å²) in [5.74, 6) is 0.129. The zero-order valence-corrected chi connectivity index (χ0v) is 16.7. The van der Waals surface area contributed by atoms with Gasteiger partial charge < -0.3 is 5.73 Å². The van der Waals surface area contributed by atoms with Crippen LogP contribution in [0.25, 0.3) is 0 Å². The van der Waals surface area contributed by atoms with Crippen molar-refractivity contribution in [2.24, 2.45) is 10.7 Å². The van der Waals surface area contributed by atoms with Crippen LogP contribution in [0.2, 0.25) is 0 Å². The van der Waals surface area contributed by atoms with Crippen LogP contribution in [0.15, 0.2) is 70.8 Å². The number of rotatable bonds is 7. The van der Waals surface area contributed by atoms with Crippen LogP contribution in [0.3, 0.4) is 0 Å². The van der Waals surface area contributed by atoms with E-state index in [9.17, 15) is 3.89 Å². The third-order valence-electron chi connectivity index (χ3n) is 5.09. The van der Waals surface area contributed by atoms with Gasteiger partial charge in [-0.15, -0.1) is 0 Å². The molecule has 146 valence electrons. The summed E-state index contributed by atoms with van der Waals surface area (Å²) in [4.78, 5) is 4.82. The highest BCUT2D eigenvalue weighted by molar-refractivity contribution is 7.94. The van der Waals surface area contributed by atoms with Gasteiger partial charge in [0, 0.05) is 28.8 Å². The molecule has 0 unspecified atom stereocenters. The van der Waals surface area contributed by atoms with Crippen LogP contribution in [0.5, 0.6) is 0 Å². The van der Waals surface area contributed by atoms with Crippen LogP contribution in [0, 0.1) is 5.82 Å². The molecule has 0 amide bonds. The van der Waals surface area contributed by atoms with Gasteiger partial charge in [0.25, 0.3) is 0 Å². The van der Waals surface area contributed by atoms with Crippen molar-refractivity contribution in [2.45, 2.75) is 43.4 Å². The number of nitrogens with two attached hydrogens (primary N) is 1. The lowest BCUT2D eigenvalue weighted by atomic mass is 9.76. The van der Waals surface area contributed by atoms with E-state index in [0.29, 0.717) is 39.8 Å². The zero-order valence-electron chi connectivity index (χ0n) is 15.9. The SMILES string of the molecule is C=CC(=N/C=C(\C)N)c1ccc(C2CCC2)c(Cc2ccc(SF)cc2)c1F. The summed E-state index contributed by atoms with van der Waals surface area (Å²) in [6.45, 7) is 5.50. The van der Waals surface area contributed by atoms with Gasteiger partial charge in [-0.25, -0.2) is 4.39 Å². The Morgan fingerprint density at radius 1 is 1.25 bits per heavy atom. The molecule has 2 aromatic carbocycles. The van der Waals surface area contributed by atoms with Crippen molar-refractivity contribution in [1.82, 2.24) is 0 Å². The molecule has 0 spiro atoms. The fraction of sp³-hybridized carbons (Fsp3) is 0.261. The van der Waals surface area contributed by atoms with Crippen LogP contribution in [-0.2, 0) is 6.42 Å². The molecule has 0 aliphatic heterocycles. The van der Waals surface area contributed by atoms with Crippen molar-refractivity contribution >= 4 is 17.9 Å². The number of hydrogen-bond acceptors (Lipinski definition) is 3. The second kappa shape index (κ2) is 9.20. The average Bonchev–Trinajstić information content (AvgIpc) is 2.65. The largest absolute Gasteiger partial charge is 0.401 e. The highest BCUT2D eigenvalue weighted by atomic mass is 32.2. The van der Waals surface area contributed by atoms with Crippen molar-refractivity contribution in [3.8, 4) is 0 Å². The molecule has 0 heterocycles. The predicted octanol–water partition coefficient (Wildman–Crippen LogP) is 6.46. The molecule has 0 saturated heterocycles. The van der Waals surface area contributed by atoms with E-state index in [1.165, 1.54) is 18.7 Å². The molecule has 2 aromatic rings. The van der Waals surface area contributed by atoms with Gasteiger partial charge in [0.1, 0.15) is 5.82 Å². The average molecular weight is 399 g/mol. The first-order valence-electron chi connectivity index (χ1n) is 9.35. The first-order valence-corrected chi connectivity index (χ1v) is 10.1. The maximum atomic E-state index is 15.6. The fourth-order valence-electron chi connectivity index (χ4n) is 3.38. The topological polar surface area (TPSA) is 38.4 Å². The van der Waals surface area contributed by atoms with Crippen molar-refractivity contribution < 1.29 is 8.28 Å². The standard InChI is InChI=1S/C23H24F2N2S/c1-3-22(27-14-15(2)26)20-12-11-19(17-5-4-6-17)21(23(20)24)13-16-7-9-18(28-25)10-8-16/h3,7-12,14,17H,1,4-6,13,26H2,2H3/b15-14+,27-22?. The number of halogens is 2. The summed E-state index contributed by atoms with van der Waals surface area (Å²) < 4.78 is 28.3. The van der Waals surface area contributed by atoms with E-state index >= 15 is 4.39 Å². The molecule has 0 atom stereocenters. The Hall–Kier alpha value is -2.40. The number of benzene rings is 2. The third-order valence-corrected chi connectivity index (χ3v) is 5.54. The maximum Gasteiger partial charge on any atom is 0.136 e. The van der Waals surface area contributed by atoms with E-state index in [4.69, 9.17) is 5.73 Å². The monoisotopic (exact) mass is 398 g/mol. The Balaban J connectivity index is 2.04. The minimum atomic E-state index is -0.268. The Kier molecular flexibility index (Phi) is 6.68. The Labute approximate surface area is 169 Å². The number of hydrogen-bond donors (Lipinski definition) is 1. The lowest BCUT2D eigenvalue weighted by Crippen LogP contribution is -2.15. The third kappa shape index (κ3) is 4.53. The Morgan fingerprint density at radius 2 is 1.96 bits per heavy atom. The molecular formula is C23H24F2N2S. The van der Waals surface area contributed by atoms with E-state index in [1.54, 1.807) is 25.1 Å². The molecule has 0 bridgehead atoms. The van der Waals surface area contributed by atoms with Crippen LogP contribution in [0.4, 0.5) is 8.28 Å². The zero-order chi connectivity index (χ0) is 20.1. The van der Waals surface area contributed by atoms with Gasteiger partial charge in [-0.05, 0) is 66.6 Å². The van der Waals surface area contributed by atoms with Gasteiger partial charge in [0.2, 0.25) is 0 Å². The van der Waals surface area contributed by atoms with Gasteiger partial charge in [-0.3, -0.25) is 4.99 Å². The maximum absolute atomic E-state index is 15.6. The Bertz CT molecular complexity index is 909. The Morgan fingerprint density at radius 3 is 2.50 bits per heavy atom. The second-order valence-electron chi connectivity index (χ2n) is 7.11. The van der Waals surface area contributed by atoms with Crippen LogP contribution in [0.1, 0.15) is 54.4 Å². The quantitative estimate of drug-likeness (QED) is 0.544. The summed E-state index contributed by atoms with van der Waals surface area (Å²) in [6, 6.07) is 10.9. The summed E-state index contributed by atoms with van der Waals surface area (Å²) in [5.41, 5.74) is 9.76. The van der Waals surface area contributed by atoms with Gasteiger partial charge in [-0.2, -0.15) is 3.89 Å². The van der Waals surface area contributed by atoms with Crippen molar-refractivity contribution in [1.29, 1.82) is 0 Å². The minimum Gasteiger partial charge on any atom is -0.401 e. The van der Waals surface area contributed by atoms with E-state index < -0.39 is 0 Å². The molecule has 0 radical (unpaired) electrons. The molecular weight excluding hydrogens is 374 g/mol. The molecule has 2 N–H and O–H groups in total. The van der Waals surface area contributed by atoms with E-state index in [-0.39, 0.29) is 18.0 Å². The molecule has 3 rings (SSSR count). The van der Waals surface area contributed by atoms with E-state index in [2.05, 4.69) is 11.6 Å². The van der Waals surface area contributed by atoms with Gasteiger partial charge in [0.15, 0.2) is 0 Å². The smallest absolute Gasteiger partial charge is 0.136 e. The first-order chi connectivity index (χ1) is 13.5. The van der Waals surface area contributed by atoms with Crippen molar-refractivity contribution in [3.63, 3.8) is 0 Å². The molecule has 1 fully saturated rings. The highest BCUT2D eigenvalue weighted by Gasteiger charge is 2.25. The molecule has 5 heteroatoms. The summed E-state index contributed by atoms with van der Waals surface area (Å²) in [7, 11) is 0. The normalized spacial score (nSPS) is 15.4. The number of nitrogens with zero attached hydrogens (tertiary/aromatic N) is 1. The van der Waals surface area contributed by atoms with Gasteiger partial charge >= 0.3 is 0 Å². The molecule has 1 aliphatic rings. The number of aliphatic imine (C=N–C) groups is 1. The molecule has 1 saturated carbocycles. The lowest BCUT2D eigenvalue weighted by Gasteiger charge is -2.29. The van der Waals surface area contributed by atoms with Gasteiger partial charge in [-0.1, -0.05) is 31.2 Å².